The minimum atomic E-state index is -0.902. The highest BCUT2D eigenvalue weighted by Gasteiger charge is 2.41. The van der Waals surface area contributed by atoms with Crippen LogP contribution < -0.4 is 5.32 Å². The molecular formula is C24H28N4O2. The number of carbonyl (C=O) groups is 2. The highest BCUT2D eigenvalue weighted by Crippen LogP contribution is 2.31. The van der Waals surface area contributed by atoms with Crippen LogP contribution in [-0.4, -0.2) is 44.9 Å². The molecule has 0 aliphatic carbocycles. The number of nitrogens with zero attached hydrogens (tertiary/aromatic N) is 3. The standard InChI is InChI=1S/C24H28N4O2/c1-16(2)14-27-15-19(17-8-6-5-7-9-17)18-10-11-20(26-21(18)27)22(29)28-13-12-25-23(30)24(28,3)4/h5-11,15-16H,12-14H2,1-4H3,(H,25,30). The van der Waals surface area contributed by atoms with Gasteiger partial charge in [-0.25, -0.2) is 4.98 Å². The van der Waals surface area contributed by atoms with Crippen molar-refractivity contribution >= 4 is 22.8 Å². The molecule has 1 N–H and O–H groups in total. The molecular weight excluding hydrogens is 376 g/mol. The van der Waals surface area contributed by atoms with Crippen molar-refractivity contribution < 1.29 is 9.59 Å². The summed E-state index contributed by atoms with van der Waals surface area (Å²) in [5.41, 5.74) is 2.50. The zero-order valence-corrected chi connectivity index (χ0v) is 18.0. The first-order valence-corrected chi connectivity index (χ1v) is 10.4. The van der Waals surface area contributed by atoms with Gasteiger partial charge in [0.25, 0.3) is 5.91 Å². The normalized spacial score (nSPS) is 16.2. The molecule has 2 aromatic heterocycles. The summed E-state index contributed by atoms with van der Waals surface area (Å²) >= 11 is 0. The molecule has 1 aliphatic rings. The van der Waals surface area contributed by atoms with Crippen LogP contribution in [0.3, 0.4) is 0 Å². The average Bonchev–Trinajstić information content (AvgIpc) is 3.07. The topological polar surface area (TPSA) is 67.2 Å². The van der Waals surface area contributed by atoms with Gasteiger partial charge in [0.15, 0.2) is 0 Å². The Labute approximate surface area is 176 Å². The first kappa shape index (κ1) is 20.1. The first-order chi connectivity index (χ1) is 14.3. The molecule has 0 unspecified atom stereocenters. The Balaban J connectivity index is 1.80. The van der Waals surface area contributed by atoms with E-state index in [1.54, 1.807) is 24.8 Å². The van der Waals surface area contributed by atoms with Crippen molar-refractivity contribution in [3.63, 3.8) is 0 Å². The molecule has 1 aliphatic heterocycles. The van der Waals surface area contributed by atoms with E-state index in [0.717, 1.165) is 28.7 Å². The predicted octanol–water partition coefficient (Wildman–Crippen LogP) is 3.71. The van der Waals surface area contributed by atoms with Gasteiger partial charge in [-0.1, -0.05) is 44.2 Å². The minimum absolute atomic E-state index is 0.141. The van der Waals surface area contributed by atoms with Gasteiger partial charge in [0.1, 0.15) is 16.9 Å². The number of amides is 2. The third-order valence-corrected chi connectivity index (χ3v) is 5.68. The van der Waals surface area contributed by atoms with E-state index in [4.69, 9.17) is 4.98 Å². The van der Waals surface area contributed by atoms with Crippen LogP contribution in [0, 0.1) is 5.92 Å². The Bertz CT molecular complexity index is 1100. The van der Waals surface area contributed by atoms with E-state index >= 15 is 0 Å². The summed E-state index contributed by atoms with van der Waals surface area (Å²) in [5.74, 6) is 0.0862. The number of benzene rings is 1. The summed E-state index contributed by atoms with van der Waals surface area (Å²) in [5, 5.41) is 3.86. The number of nitrogens with one attached hydrogen (secondary N) is 1. The molecule has 0 spiro atoms. The van der Waals surface area contributed by atoms with Crippen molar-refractivity contribution in [3.8, 4) is 11.1 Å². The minimum Gasteiger partial charge on any atom is -0.352 e. The molecule has 1 fully saturated rings. The van der Waals surface area contributed by atoms with Crippen molar-refractivity contribution in [2.24, 2.45) is 5.92 Å². The van der Waals surface area contributed by atoms with E-state index in [0.29, 0.717) is 24.7 Å². The molecule has 4 rings (SSSR count). The van der Waals surface area contributed by atoms with Crippen LogP contribution >= 0.6 is 0 Å². The lowest BCUT2D eigenvalue weighted by atomic mass is 9.98. The number of piperazine rings is 1. The number of fused-ring (bicyclic) bond motifs is 1. The number of aromatic nitrogens is 2. The number of hydrogen-bond acceptors (Lipinski definition) is 3. The summed E-state index contributed by atoms with van der Waals surface area (Å²) in [6, 6.07) is 14.0. The van der Waals surface area contributed by atoms with Crippen molar-refractivity contribution in [3.05, 3.63) is 54.4 Å². The summed E-state index contributed by atoms with van der Waals surface area (Å²) in [6.07, 6.45) is 2.12. The molecule has 0 saturated carbocycles. The van der Waals surface area contributed by atoms with E-state index in [1.165, 1.54) is 0 Å². The lowest BCUT2D eigenvalue weighted by Gasteiger charge is -2.40. The Morgan fingerprint density at radius 1 is 1.17 bits per heavy atom. The molecule has 1 aromatic carbocycles. The zero-order valence-electron chi connectivity index (χ0n) is 18.0. The van der Waals surface area contributed by atoms with Crippen molar-refractivity contribution in [2.45, 2.75) is 39.8 Å². The highest BCUT2D eigenvalue weighted by atomic mass is 16.2. The van der Waals surface area contributed by atoms with Crippen LogP contribution in [0.2, 0.25) is 0 Å². The molecule has 3 aromatic rings. The molecule has 6 heteroatoms. The van der Waals surface area contributed by atoms with Gasteiger partial charge in [-0.05, 0) is 37.5 Å². The van der Waals surface area contributed by atoms with Crippen LogP contribution in [0.4, 0.5) is 0 Å². The van der Waals surface area contributed by atoms with E-state index < -0.39 is 5.54 Å². The van der Waals surface area contributed by atoms with Gasteiger partial charge < -0.3 is 14.8 Å². The highest BCUT2D eigenvalue weighted by molar-refractivity contribution is 6.01. The second kappa shape index (κ2) is 7.59. The molecule has 0 atom stereocenters. The molecule has 3 heterocycles. The van der Waals surface area contributed by atoms with Crippen LogP contribution in [0.25, 0.3) is 22.2 Å². The fourth-order valence-corrected chi connectivity index (χ4v) is 4.06. The lowest BCUT2D eigenvalue weighted by Crippen LogP contribution is -2.63. The molecule has 0 bridgehead atoms. The fraction of sp³-hybridized carbons (Fsp3) is 0.375. The van der Waals surface area contributed by atoms with E-state index in [1.807, 2.05) is 24.3 Å². The third kappa shape index (κ3) is 3.47. The monoisotopic (exact) mass is 404 g/mol. The lowest BCUT2D eigenvalue weighted by molar-refractivity contribution is -0.133. The smallest absolute Gasteiger partial charge is 0.273 e. The van der Waals surface area contributed by atoms with Gasteiger partial charge in [0.05, 0.1) is 0 Å². The Morgan fingerprint density at radius 2 is 1.90 bits per heavy atom. The summed E-state index contributed by atoms with van der Waals surface area (Å²) in [4.78, 5) is 32.0. The maximum Gasteiger partial charge on any atom is 0.273 e. The maximum atomic E-state index is 13.3. The molecule has 30 heavy (non-hydrogen) atoms. The van der Waals surface area contributed by atoms with Crippen LogP contribution in [0.15, 0.2) is 48.7 Å². The third-order valence-electron chi connectivity index (χ3n) is 5.68. The van der Waals surface area contributed by atoms with Crippen LogP contribution in [0.1, 0.15) is 38.2 Å². The van der Waals surface area contributed by atoms with E-state index in [-0.39, 0.29) is 11.8 Å². The second-order valence-electron chi connectivity index (χ2n) is 8.79. The van der Waals surface area contributed by atoms with Crippen LogP contribution in [0.5, 0.6) is 0 Å². The molecule has 0 radical (unpaired) electrons. The summed E-state index contributed by atoms with van der Waals surface area (Å²) < 4.78 is 2.13. The first-order valence-electron chi connectivity index (χ1n) is 10.4. The number of rotatable bonds is 4. The molecule has 2 amide bonds. The van der Waals surface area contributed by atoms with Crippen LogP contribution in [-0.2, 0) is 11.3 Å². The second-order valence-corrected chi connectivity index (χ2v) is 8.79. The quantitative estimate of drug-likeness (QED) is 0.721. The maximum absolute atomic E-state index is 13.3. The zero-order chi connectivity index (χ0) is 21.5. The van der Waals surface area contributed by atoms with Gasteiger partial charge in [-0.3, -0.25) is 9.59 Å². The average molecular weight is 405 g/mol. The van der Waals surface area contributed by atoms with Crippen molar-refractivity contribution in [1.29, 1.82) is 0 Å². The number of pyridine rings is 1. The van der Waals surface area contributed by atoms with Crippen molar-refractivity contribution in [1.82, 2.24) is 19.8 Å². The van der Waals surface area contributed by atoms with Gasteiger partial charge in [-0.2, -0.15) is 0 Å². The largest absolute Gasteiger partial charge is 0.352 e. The van der Waals surface area contributed by atoms with Crippen molar-refractivity contribution in [2.75, 3.05) is 13.1 Å². The van der Waals surface area contributed by atoms with Gasteiger partial charge >= 0.3 is 0 Å². The molecule has 156 valence electrons. The fourth-order valence-electron chi connectivity index (χ4n) is 4.06. The predicted molar refractivity (Wildman–Crippen MR) is 118 cm³/mol. The number of hydrogen-bond donors (Lipinski definition) is 1. The molecule has 6 nitrogen and oxygen atoms in total. The van der Waals surface area contributed by atoms with Gasteiger partial charge in [0, 0.05) is 36.8 Å². The Hall–Kier alpha value is -3.15. The SMILES string of the molecule is CC(C)Cn1cc(-c2ccccc2)c2ccc(C(=O)N3CCNC(=O)C3(C)C)nc21. The van der Waals surface area contributed by atoms with E-state index in [9.17, 15) is 9.59 Å². The van der Waals surface area contributed by atoms with Gasteiger partial charge in [0.2, 0.25) is 5.91 Å². The Morgan fingerprint density at radius 3 is 2.60 bits per heavy atom. The summed E-state index contributed by atoms with van der Waals surface area (Å²) in [6.45, 7) is 9.61. The Kier molecular flexibility index (Phi) is 5.10. The summed E-state index contributed by atoms with van der Waals surface area (Å²) in [7, 11) is 0. The molecule has 1 saturated heterocycles. The number of carbonyl (C=O) groups excluding carboxylic acids is 2. The van der Waals surface area contributed by atoms with Gasteiger partial charge in [-0.15, -0.1) is 0 Å². The van der Waals surface area contributed by atoms with E-state index in [2.05, 4.69) is 42.1 Å².